The Labute approximate surface area is 63.7 Å². The second kappa shape index (κ2) is 3.01. The molecule has 0 atom stereocenters. The third-order valence-corrected chi connectivity index (χ3v) is 1.91. The zero-order chi connectivity index (χ0) is 7.56. The van der Waals surface area contributed by atoms with E-state index in [-0.39, 0.29) is 5.82 Å². The maximum Gasteiger partial charge on any atom is 0.158 e. The summed E-state index contributed by atoms with van der Waals surface area (Å²) in [6.45, 7) is 1.73. The lowest BCUT2D eigenvalue weighted by Gasteiger charge is -1.98. The van der Waals surface area contributed by atoms with Crippen LogP contribution in [0.25, 0.3) is 0 Å². The fourth-order valence-corrected chi connectivity index (χ4v) is 1.16. The summed E-state index contributed by atoms with van der Waals surface area (Å²) in [5.41, 5.74) is 0.652. The van der Waals surface area contributed by atoms with Crippen molar-refractivity contribution in [1.29, 1.82) is 0 Å². The molecule has 1 aromatic heterocycles. The lowest BCUT2D eigenvalue weighted by Crippen LogP contribution is -1.88. The predicted molar refractivity (Wildman–Crippen MR) is 40.7 cm³/mol. The number of hydrogen-bond acceptors (Lipinski definition) is 2. The van der Waals surface area contributed by atoms with Crippen LogP contribution in [0.5, 0.6) is 0 Å². The van der Waals surface area contributed by atoms with Crippen molar-refractivity contribution in [2.24, 2.45) is 0 Å². The van der Waals surface area contributed by atoms with Gasteiger partial charge >= 0.3 is 0 Å². The Balaban J connectivity index is 3.14. The summed E-state index contributed by atoms with van der Waals surface area (Å²) in [6, 6.07) is 1.66. The van der Waals surface area contributed by atoms with Crippen molar-refractivity contribution in [3.8, 4) is 0 Å². The highest BCUT2D eigenvalue weighted by Crippen LogP contribution is 2.17. The number of aromatic nitrogens is 1. The monoisotopic (exact) mass is 157 g/mol. The van der Waals surface area contributed by atoms with Gasteiger partial charge in [0, 0.05) is 6.20 Å². The van der Waals surface area contributed by atoms with Crippen LogP contribution in [0.2, 0.25) is 0 Å². The third kappa shape index (κ3) is 1.29. The van der Waals surface area contributed by atoms with Gasteiger partial charge in [0.05, 0.1) is 0 Å². The molecule has 54 valence electrons. The van der Waals surface area contributed by atoms with Crippen molar-refractivity contribution in [3.63, 3.8) is 0 Å². The van der Waals surface area contributed by atoms with E-state index >= 15 is 0 Å². The van der Waals surface area contributed by atoms with Gasteiger partial charge in [-0.3, -0.25) is 0 Å². The third-order valence-electron chi connectivity index (χ3n) is 1.24. The number of nitrogens with zero attached hydrogens (tertiary/aromatic N) is 1. The Hall–Kier alpha value is -0.570. The average molecular weight is 157 g/mol. The lowest BCUT2D eigenvalue weighted by molar-refractivity contribution is 0.579. The van der Waals surface area contributed by atoms with E-state index in [9.17, 15) is 4.39 Å². The molecule has 1 aromatic rings. The molecule has 0 unspecified atom stereocenters. The summed E-state index contributed by atoms with van der Waals surface area (Å²) in [4.78, 5) is 3.85. The number of hydrogen-bond donors (Lipinski definition) is 0. The summed E-state index contributed by atoms with van der Waals surface area (Å²) < 4.78 is 12.9. The summed E-state index contributed by atoms with van der Waals surface area (Å²) in [6.07, 6.45) is 3.43. The van der Waals surface area contributed by atoms with E-state index in [1.54, 1.807) is 19.2 Å². The van der Waals surface area contributed by atoms with Crippen LogP contribution < -0.4 is 0 Å². The van der Waals surface area contributed by atoms with Crippen LogP contribution in [0, 0.1) is 12.7 Å². The van der Waals surface area contributed by atoms with E-state index in [4.69, 9.17) is 0 Å². The molecule has 0 radical (unpaired) electrons. The quantitative estimate of drug-likeness (QED) is 0.580. The molecule has 0 bridgehead atoms. The standard InChI is InChI=1S/C7H8FNS/c1-5-3-4-9-7(10-2)6(5)8/h3-4H,1-2H3. The van der Waals surface area contributed by atoms with Gasteiger partial charge in [-0.1, -0.05) is 0 Å². The highest BCUT2D eigenvalue weighted by Gasteiger charge is 2.02. The molecule has 0 N–H and O–H groups in total. The van der Waals surface area contributed by atoms with Gasteiger partial charge < -0.3 is 0 Å². The van der Waals surface area contributed by atoms with Gasteiger partial charge in [-0.05, 0) is 24.8 Å². The Morgan fingerprint density at radius 3 is 2.80 bits per heavy atom. The van der Waals surface area contributed by atoms with Gasteiger partial charge in [0.15, 0.2) is 5.82 Å². The van der Waals surface area contributed by atoms with E-state index in [1.165, 1.54) is 11.8 Å². The van der Waals surface area contributed by atoms with E-state index in [0.29, 0.717) is 10.6 Å². The molecule has 10 heavy (non-hydrogen) atoms. The first kappa shape index (κ1) is 7.54. The molecule has 0 aromatic carbocycles. The van der Waals surface area contributed by atoms with E-state index in [2.05, 4.69) is 4.98 Å². The maximum absolute atomic E-state index is 12.9. The van der Waals surface area contributed by atoms with Gasteiger partial charge in [0.25, 0.3) is 0 Å². The molecule has 0 saturated heterocycles. The Bertz CT molecular complexity index is 237. The largest absolute Gasteiger partial charge is 0.247 e. The van der Waals surface area contributed by atoms with E-state index < -0.39 is 0 Å². The first-order chi connectivity index (χ1) is 4.75. The van der Waals surface area contributed by atoms with Crippen molar-refractivity contribution < 1.29 is 4.39 Å². The minimum atomic E-state index is -0.199. The van der Waals surface area contributed by atoms with E-state index in [0.717, 1.165) is 0 Å². The zero-order valence-corrected chi connectivity index (χ0v) is 6.70. The van der Waals surface area contributed by atoms with Crippen LogP contribution in [0.3, 0.4) is 0 Å². The number of pyridine rings is 1. The molecule has 0 amide bonds. The zero-order valence-electron chi connectivity index (χ0n) is 5.89. The molecular formula is C7H8FNS. The number of halogens is 1. The molecule has 0 aliphatic carbocycles. The van der Waals surface area contributed by atoms with Crippen LogP contribution in [-0.4, -0.2) is 11.2 Å². The summed E-state index contributed by atoms with van der Waals surface area (Å²) in [5, 5.41) is 0.472. The minimum absolute atomic E-state index is 0.199. The molecule has 0 spiro atoms. The van der Waals surface area contributed by atoms with Crippen LogP contribution in [0.1, 0.15) is 5.56 Å². The second-order valence-corrected chi connectivity index (χ2v) is 2.75. The normalized spacial score (nSPS) is 9.90. The highest BCUT2D eigenvalue weighted by atomic mass is 32.2. The molecular weight excluding hydrogens is 149 g/mol. The molecule has 1 heterocycles. The van der Waals surface area contributed by atoms with Crippen LogP contribution in [0.15, 0.2) is 17.3 Å². The van der Waals surface area contributed by atoms with Crippen molar-refractivity contribution in [1.82, 2.24) is 4.98 Å². The van der Waals surface area contributed by atoms with Gasteiger partial charge in [0.1, 0.15) is 5.03 Å². The molecule has 0 fully saturated rings. The lowest BCUT2D eigenvalue weighted by atomic mass is 10.3. The van der Waals surface area contributed by atoms with Gasteiger partial charge in [-0.2, -0.15) is 0 Å². The highest BCUT2D eigenvalue weighted by molar-refractivity contribution is 7.98. The van der Waals surface area contributed by atoms with Crippen molar-refractivity contribution in [3.05, 3.63) is 23.6 Å². The molecule has 1 nitrogen and oxygen atoms in total. The van der Waals surface area contributed by atoms with Crippen LogP contribution >= 0.6 is 11.8 Å². The number of aryl methyl sites for hydroxylation is 1. The fourth-order valence-electron chi connectivity index (χ4n) is 0.658. The van der Waals surface area contributed by atoms with Crippen LogP contribution in [-0.2, 0) is 0 Å². The molecule has 1 rings (SSSR count). The maximum atomic E-state index is 12.9. The van der Waals surface area contributed by atoms with Gasteiger partial charge in [0.2, 0.25) is 0 Å². The smallest absolute Gasteiger partial charge is 0.158 e. The Morgan fingerprint density at radius 1 is 1.60 bits per heavy atom. The fraction of sp³-hybridized carbons (Fsp3) is 0.286. The predicted octanol–water partition coefficient (Wildman–Crippen LogP) is 2.25. The second-order valence-electron chi connectivity index (χ2n) is 1.95. The van der Waals surface area contributed by atoms with Crippen molar-refractivity contribution in [2.75, 3.05) is 6.26 Å². The van der Waals surface area contributed by atoms with Gasteiger partial charge in [-0.25, -0.2) is 9.37 Å². The number of thioether (sulfide) groups is 1. The molecule has 0 aliphatic rings. The summed E-state index contributed by atoms with van der Waals surface area (Å²) in [7, 11) is 0. The summed E-state index contributed by atoms with van der Waals surface area (Å²) >= 11 is 1.32. The topological polar surface area (TPSA) is 12.9 Å². The Morgan fingerprint density at radius 2 is 2.30 bits per heavy atom. The first-order valence-electron chi connectivity index (χ1n) is 2.91. The molecule has 0 saturated carbocycles. The van der Waals surface area contributed by atoms with Crippen LogP contribution in [0.4, 0.5) is 4.39 Å². The summed E-state index contributed by atoms with van der Waals surface area (Å²) in [5.74, 6) is -0.199. The van der Waals surface area contributed by atoms with Gasteiger partial charge in [-0.15, -0.1) is 11.8 Å². The SMILES string of the molecule is CSc1nccc(C)c1F. The van der Waals surface area contributed by atoms with Crippen molar-refractivity contribution in [2.45, 2.75) is 11.9 Å². The molecule has 3 heteroatoms. The van der Waals surface area contributed by atoms with Crippen molar-refractivity contribution >= 4 is 11.8 Å². The average Bonchev–Trinajstić information content (AvgIpc) is 1.95. The first-order valence-corrected chi connectivity index (χ1v) is 4.13. The molecule has 0 aliphatic heterocycles. The Kier molecular flexibility index (Phi) is 2.27. The number of rotatable bonds is 1. The van der Waals surface area contributed by atoms with E-state index in [1.807, 2.05) is 6.26 Å². The minimum Gasteiger partial charge on any atom is -0.247 e.